The van der Waals surface area contributed by atoms with E-state index in [1.807, 2.05) is 26.0 Å². The Morgan fingerprint density at radius 1 is 1.18 bits per heavy atom. The van der Waals surface area contributed by atoms with Gasteiger partial charge < -0.3 is 5.73 Å². The standard InChI is InChI=1S/C12H16N2OS2/c1-3-16-11(12(15)17-4-2)14-10-7-5-9(13)6-8-10/h5-8H,3-4,13H2,1-2H3. The average Bonchev–Trinajstić information content (AvgIpc) is 2.31. The van der Waals surface area contributed by atoms with Gasteiger partial charge in [0.05, 0.1) is 5.69 Å². The third-order valence-electron chi connectivity index (χ3n) is 1.85. The highest BCUT2D eigenvalue weighted by atomic mass is 32.2. The molecule has 0 atom stereocenters. The summed E-state index contributed by atoms with van der Waals surface area (Å²) in [4.78, 5) is 16.2. The number of nitrogens with zero attached hydrogens (tertiary/aromatic N) is 1. The summed E-state index contributed by atoms with van der Waals surface area (Å²) in [5.41, 5.74) is 7.06. The van der Waals surface area contributed by atoms with E-state index < -0.39 is 0 Å². The molecule has 0 radical (unpaired) electrons. The highest BCUT2D eigenvalue weighted by Crippen LogP contribution is 2.20. The van der Waals surface area contributed by atoms with Crippen molar-refractivity contribution in [3.05, 3.63) is 24.3 Å². The molecular formula is C12H16N2OS2. The lowest BCUT2D eigenvalue weighted by Crippen LogP contribution is -2.06. The van der Waals surface area contributed by atoms with Crippen molar-refractivity contribution in [2.45, 2.75) is 13.8 Å². The van der Waals surface area contributed by atoms with Gasteiger partial charge in [0.25, 0.3) is 0 Å². The minimum Gasteiger partial charge on any atom is -0.399 e. The number of hydrogen-bond donors (Lipinski definition) is 1. The number of anilines is 1. The molecule has 17 heavy (non-hydrogen) atoms. The van der Waals surface area contributed by atoms with Gasteiger partial charge in [0.2, 0.25) is 5.12 Å². The van der Waals surface area contributed by atoms with Gasteiger partial charge in [0.15, 0.2) is 5.04 Å². The zero-order chi connectivity index (χ0) is 12.7. The van der Waals surface area contributed by atoms with Crippen LogP contribution in [0.15, 0.2) is 29.3 Å². The summed E-state index contributed by atoms with van der Waals surface area (Å²) in [6.45, 7) is 3.97. The molecule has 0 unspecified atom stereocenters. The second kappa shape index (κ2) is 7.40. The highest BCUT2D eigenvalue weighted by molar-refractivity contribution is 8.24. The SMILES string of the molecule is CCSC(=O)C(=Nc1ccc(N)cc1)SCC. The van der Waals surface area contributed by atoms with E-state index in [2.05, 4.69) is 4.99 Å². The molecule has 0 bridgehead atoms. The summed E-state index contributed by atoms with van der Waals surface area (Å²) in [6, 6.07) is 7.19. The number of carbonyl (C=O) groups excluding carboxylic acids is 1. The number of nitrogens with two attached hydrogens (primary N) is 1. The van der Waals surface area contributed by atoms with Gasteiger partial charge in [-0.05, 0) is 35.8 Å². The van der Waals surface area contributed by atoms with Crippen molar-refractivity contribution < 1.29 is 4.79 Å². The third-order valence-corrected chi connectivity index (χ3v) is 3.57. The molecule has 0 aromatic heterocycles. The zero-order valence-electron chi connectivity index (χ0n) is 9.97. The first kappa shape index (κ1) is 14.1. The van der Waals surface area contributed by atoms with E-state index in [4.69, 9.17) is 5.73 Å². The van der Waals surface area contributed by atoms with Crippen LogP contribution in [0.4, 0.5) is 11.4 Å². The molecule has 1 rings (SSSR count). The van der Waals surface area contributed by atoms with E-state index in [9.17, 15) is 4.79 Å². The second-order valence-electron chi connectivity index (χ2n) is 3.16. The molecule has 0 aliphatic carbocycles. The fraction of sp³-hybridized carbons (Fsp3) is 0.333. The van der Waals surface area contributed by atoms with E-state index >= 15 is 0 Å². The van der Waals surface area contributed by atoms with Crippen molar-refractivity contribution in [2.75, 3.05) is 17.2 Å². The lowest BCUT2D eigenvalue weighted by Gasteiger charge is -2.03. The Labute approximate surface area is 110 Å². The monoisotopic (exact) mass is 268 g/mol. The number of hydrogen-bond acceptors (Lipinski definition) is 5. The molecule has 0 heterocycles. The Morgan fingerprint density at radius 2 is 1.76 bits per heavy atom. The van der Waals surface area contributed by atoms with Crippen molar-refractivity contribution in [1.29, 1.82) is 0 Å². The van der Waals surface area contributed by atoms with Gasteiger partial charge in [-0.25, -0.2) is 4.99 Å². The molecule has 92 valence electrons. The highest BCUT2D eigenvalue weighted by Gasteiger charge is 2.11. The van der Waals surface area contributed by atoms with Crippen molar-refractivity contribution >= 4 is 45.1 Å². The maximum Gasteiger partial charge on any atom is 0.244 e. The van der Waals surface area contributed by atoms with Crippen molar-refractivity contribution in [3.63, 3.8) is 0 Å². The lowest BCUT2D eigenvalue weighted by molar-refractivity contribution is -0.105. The van der Waals surface area contributed by atoms with E-state index in [1.165, 1.54) is 23.5 Å². The molecule has 1 aromatic carbocycles. The number of carbonyl (C=O) groups is 1. The molecule has 0 aliphatic rings. The van der Waals surface area contributed by atoms with Crippen molar-refractivity contribution in [3.8, 4) is 0 Å². The molecule has 0 saturated carbocycles. The van der Waals surface area contributed by atoms with Gasteiger partial charge in [-0.3, -0.25) is 4.79 Å². The van der Waals surface area contributed by atoms with Crippen LogP contribution in [0.1, 0.15) is 13.8 Å². The molecule has 0 saturated heterocycles. The maximum absolute atomic E-state index is 11.8. The third kappa shape index (κ3) is 4.83. The maximum atomic E-state index is 11.8. The summed E-state index contributed by atoms with van der Waals surface area (Å²) >= 11 is 2.76. The number of nitrogen functional groups attached to an aromatic ring is 1. The van der Waals surface area contributed by atoms with Gasteiger partial charge >= 0.3 is 0 Å². The first-order valence-electron chi connectivity index (χ1n) is 5.41. The van der Waals surface area contributed by atoms with E-state index in [-0.39, 0.29) is 5.12 Å². The van der Waals surface area contributed by atoms with Crippen LogP contribution in [0, 0.1) is 0 Å². The van der Waals surface area contributed by atoms with E-state index in [0.717, 1.165) is 17.2 Å². The molecular weight excluding hydrogens is 252 g/mol. The topological polar surface area (TPSA) is 55.5 Å². The zero-order valence-corrected chi connectivity index (χ0v) is 11.6. The number of thioether (sulfide) groups is 2. The lowest BCUT2D eigenvalue weighted by atomic mass is 10.3. The van der Waals surface area contributed by atoms with Crippen LogP contribution in [-0.2, 0) is 4.79 Å². The second-order valence-corrected chi connectivity index (χ2v) is 5.65. The van der Waals surface area contributed by atoms with Gasteiger partial charge in [-0.15, -0.1) is 11.8 Å². The summed E-state index contributed by atoms with van der Waals surface area (Å²) in [6.07, 6.45) is 0. The largest absolute Gasteiger partial charge is 0.399 e. The summed E-state index contributed by atoms with van der Waals surface area (Å²) in [5, 5.41) is 0.597. The van der Waals surface area contributed by atoms with Crippen LogP contribution < -0.4 is 5.73 Å². The molecule has 0 aliphatic heterocycles. The minimum atomic E-state index is 0.0381. The predicted molar refractivity (Wildman–Crippen MR) is 79.2 cm³/mol. The van der Waals surface area contributed by atoms with Gasteiger partial charge in [0.1, 0.15) is 0 Å². The Balaban J connectivity index is 2.89. The molecule has 0 fully saturated rings. The van der Waals surface area contributed by atoms with Gasteiger partial charge in [0, 0.05) is 5.69 Å². The summed E-state index contributed by atoms with van der Waals surface area (Å²) in [5.74, 6) is 1.60. The van der Waals surface area contributed by atoms with Crippen molar-refractivity contribution in [1.82, 2.24) is 0 Å². The molecule has 5 heteroatoms. The van der Waals surface area contributed by atoms with Crippen LogP contribution in [0.25, 0.3) is 0 Å². The van der Waals surface area contributed by atoms with Gasteiger partial charge in [-0.2, -0.15) is 0 Å². The molecule has 0 amide bonds. The molecule has 3 nitrogen and oxygen atoms in total. The quantitative estimate of drug-likeness (QED) is 0.519. The number of rotatable bonds is 3. The first-order chi connectivity index (χ1) is 8.17. The Hall–Kier alpha value is -0.940. The molecule has 1 aromatic rings. The Bertz CT molecular complexity index is 401. The van der Waals surface area contributed by atoms with Gasteiger partial charge in [-0.1, -0.05) is 25.6 Å². The fourth-order valence-corrected chi connectivity index (χ4v) is 2.48. The smallest absolute Gasteiger partial charge is 0.244 e. The molecule has 0 spiro atoms. The normalized spacial score (nSPS) is 11.5. The Morgan fingerprint density at radius 3 is 2.29 bits per heavy atom. The van der Waals surface area contributed by atoms with Crippen LogP contribution in [-0.4, -0.2) is 21.7 Å². The predicted octanol–water partition coefficient (Wildman–Crippen LogP) is 3.33. The average molecular weight is 268 g/mol. The number of benzene rings is 1. The number of aliphatic imine (C=N–C) groups is 1. The van der Waals surface area contributed by atoms with Crippen LogP contribution in [0.2, 0.25) is 0 Å². The fourth-order valence-electron chi connectivity index (χ4n) is 1.13. The van der Waals surface area contributed by atoms with Crippen LogP contribution >= 0.6 is 23.5 Å². The summed E-state index contributed by atoms with van der Waals surface area (Å²) < 4.78 is 0. The van der Waals surface area contributed by atoms with Crippen molar-refractivity contribution in [2.24, 2.45) is 4.99 Å². The molecule has 2 N–H and O–H groups in total. The van der Waals surface area contributed by atoms with Crippen LogP contribution in [0.5, 0.6) is 0 Å². The summed E-state index contributed by atoms with van der Waals surface area (Å²) in [7, 11) is 0. The van der Waals surface area contributed by atoms with Crippen LogP contribution in [0.3, 0.4) is 0 Å². The van der Waals surface area contributed by atoms with E-state index in [0.29, 0.717) is 10.7 Å². The first-order valence-corrected chi connectivity index (χ1v) is 7.38. The minimum absolute atomic E-state index is 0.0381. The Kier molecular flexibility index (Phi) is 6.15. The van der Waals surface area contributed by atoms with E-state index in [1.54, 1.807) is 12.1 Å².